The third-order valence-corrected chi connectivity index (χ3v) is 4.51. The first-order valence-electron chi connectivity index (χ1n) is 5.90. The first-order valence-corrected chi connectivity index (χ1v) is 6.78. The minimum absolute atomic E-state index is 0.256. The quantitative estimate of drug-likeness (QED) is 0.837. The summed E-state index contributed by atoms with van der Waals surface area (Å²) in [6.07, 6.45) is 6.51. The molecule has 1 aliphatic rings. The summed E-state index contributed by atoms with van der Waals surface area (Å²) in [4.78, 5) is 1.64. The lowest BCUT2D eigenvalue weighted by atomic mass is 9.83. The Labute approximate surface area is 96.7 Å². The molecule has 1 nitrogen and oxygen atoms in total. The van der Waals surface area contributed by atoms with Gasteiger partial charge in [0, 0.05) is 4.88 Å². The molecule has 15 heavy (non-hydrogen) atoms. The monoisotopic (exact) mass is 223 g/mol. The zero-order chi connectivity index (χ0) is 10.9. The van der Waals surface area contributed by atoms with Crippen molar-refractivity contribution in [1.29, 1.82) is 0 Å². The predicted octanol–water partition coefficient (Wildman–Crippen LogP) is 3.15. The normalized spacial score (nSPS) is 16.5. The van der Waals surface area contributed by atoms with Gasteiger partial charge in [-0.3, -0.25) is 0 Å². The Morgan fingerprint density at radius 3 is 2.80 bits per heavy atom. The van der Waals surface area contributed by atoms with E-state index >= 15 is 0 Å². The van der Waals surface area contributed by atoms with Crippen LogP contribution in [0.3, 0.4) is 0 Å². The van der Waals surface area contributed by atoms with Gasteiger partial charge < -0.3 is 5.73 Å². The van der Waals surface area contributed by atoms with Crippen LogP contribution < -0.4 is 5.73 Å². The molecule has 0 radical (unpaired) electrons. The number of rotatable bonds is 3. The summed E-state index contributed by atoms with van der Waals surface area (Å²) in [5.74, 6) is 0. The lowest BCUT2D eigenvalue weighted by Gasteiger charge is -2.23. The van der Waals surface area contributed by atoms with Gasteiger partial charge >= 0.3 is 0 Å². The minimum Gasteiger partial charge on any atom is -0.330 e. The van der Waals surface area contributed by atoms with E-state index in [4.69, 9.17) is 5.73 Å². The highest BCUT2D eigenvalue weighted by molar-refractivity contribution is 7.10. The summed E-state index contributed by atoms with van der Waals surface area (Å²) in [5, 5.41) is 2.37. The predicted molar refractivity (Wildman–Crippen MR) is 67.5 cm³/mol. The fourth-order valence-corrected chi connectivity index (χ4v) is 3.44. The fourth-order valence-electron chi connectivity index (χ4n) is 2.30. The number of fused-ring (bicyclic) bond motifs is 1. The molecule has 0 aliphatic heterocycles. The number of thiophene rings is 1. The van der Waals surface area contributed by atoms with E-state index in [0.717, 1.165) is 13.0 Å². The van der Waals surface area contributed by atoms with Crippen molar-refractivity contribution in [3.63, 3.8) is 0 Å². The molecule has 1 heterocycles. The van der Waals surface area contributed by atoms with Gasteiger partial charge in [-0.2, -0.15) is 0 Å². The Hall–Kier alpha value is -0.340. The molecule has 2 heteroatoms. The fraction of sp³-hybridized carbons (Fsp3) is 0.692. The summed E-state index contributed by atoms with van der Waals surface area (Å²) in [6, 6.07) is 0. The first-order chi connectivity index (χ1) is 7.12. The highest BCUT2D eigenvalue weighted by Crippen LogP contribution is 2.33. The van der Waals surface area contributed by atoms with Crippen LogP contribution in [0.25, 0.3) is 0 Å². The lowest BCUT2D eigenvalue weighted by molar-refractivity contribution is 0.375. The van der Waals surface area contributed by atoms with E-state index in [0.29, 0.717) is 0 Å². The third kappa shape index (κ3) is 2.43. The molecule has 0 spiro atoms. The molecule has 0 atom stereocenters. The Morgan fingerprint density at radius 1 is 1.33 bits per heavy atom. The SMILES string of the molecule is CC(C)(CN)Cc1csc2c1CCCC2. The smallest absolute Gasteiger partial charge is 0.00800 e. The number of hydrogen-bond donors (Lipinski definition) is 1. The summed E-state index contributed by atoms with van der Waals surface area (Å²) >= 11 is 1.96. The lowest BCUT2D eigenvalue weighted by Crippen LogP contribution is -2.26. The van der Waals surface area contributed by atoms with Crippen LogP contribution in [0.2, 0.25) is 0 Å². The maximum atomic E-state index is 5.80. The van der Waals surface area contributed by atoms with E-state index in [1.165, 1.54) is 25.7 Å². The standard InChI is InChI=1S/C13H21NS/c1-13(2,9-14)7-10-8-15-12-6-4-3-5-11(10)12/h8H,3-7,9,14H2,1-2H3. The highest BCUT2D eigenvalue weighted by atomic mass is 32.1. The van der Waals surface area contributed by atoms with Crippen molar-refractivity contribution >= 4 is 11.3 Å². The molecular weight excluding hydrogens is 202 g/mol. The maximum absolute atomic E-state index is 5.80. The Bertz CT molecular complexity index is 338. The average molecular weight is 223 g/mol. The van der Waals surface area contributed by atoms with Crippen molar-refractivity contribution in [2.75, 3.05) is 6.54 Å². The van der Waals surface area contributed by atoms with E-state index in [-0.39, 0.29) is 5.41 Å². The molecular formula is C13H21NS. The molecule has 2 rings (SSSR count). The molecule has 0 amide bonds. The van der Waals surface area contributed by atoms with Gasteiger partial charge in [-0.1, -0.05) is 13.8 Å². The van der Waals surface area contributed by atoms with Gasteiger partial charge in [0.15, 0.2) is 0 Å². The Morgan fingerprint density at radius 2 is 2.07 bits per heavy atom. The average Bonchev–Trinajstić information content (AvgIpc) is 2.62. The number of nitrogens with two attached hydrogens (primary N) is 1. The van der Waals surface area contributed by atoms with Gasteiger partial charge in [-0.05, 0) is 60.6 Å². The molecule has 1 aromatic rings. The van der Waals surface area contributed by atoms with Gasteiger partial charge in [0.05, 0.1) is 0 Å². The van der Waals surface area contributed by atoms with E-state index in [9.17, 15) is 0 Å². The molecule has 0 unspecified atom stereocenters. The second-order valence-corrected chi connectivity index (χ2v) is 6.38. The molecule has 2 N–H and O–H groups in total. The zero-order valence-corrected chi connectivity index (χ0v) is 10.6. The zero-order valence-electron chi connectivity index (χ0n) is 9.81. The van der Waals surface area contributed by atoms with E-state index < -0.39 is 0 Å². The first kappa shape index (κ1) is 11.2. The van der Waals surface area contributed by atoms with Crippen LogP contribution in [0.15, 0.2) is 5.38 Å². The molecule has 0 aromatic carbocycles. The number of aryl methyl sites for hydroxylation is 1. The molecule has 0 saturated heterocycles. The van der Waals surface area contributed by atoms with Crippen molar-refractivity contribution in [2.45, 2.75) is 46.0 Å². The number of hydrogen-bond acceptors (Lipinski definition) is 2. The molecule has 84 valence electrons. The second kappa shape index (κ2) is 4.26. The molecule has 1 aliphatic carbocycles. The van der Waals surface area contributed by atoms with Crippen molar-refractivity contribution < 1.29 is 0 Å². The highest BCUT2D eigenvalue weighted by Gasteiger charge is 2.21. The van der Waals surface area contributed by atoms with E-state index in [1.54, 1.807) is 16.0 Å². The van der Waals surface area contributed by atoms with E-state index in [1.807, 2.05) is 11.3 Å². The largest absolute Gasteiger partial charge is 0.330 e. The molecule has 0 fully saturated rings. The molecule has 1 aromatic heterocycles. The summed E-state index contributed by atoms with van der Waals surface area (Å²) in [6.45, 7) is 5.30. The van der Waals surface area contributed by atoms with Crippen LogP contribution in [0.5, 0.6) is 0 Å². The van der Waals surface area contributed by atoms with Gasteiger partial charge in [0.2, 0.25) is 0 Å². The third-order valence-electron chi connectivity index (χ3n) is 3.37. The minimum atomic E-state index is 0.256. The van der Waals surface area contributed by atoms with Gasteiger partial charge in [-0.15, -0.1) is 11.3 Å². The van der Waals surface area contributed by atoms with Crippen LogP contribution in [0.1, 0.15) is 42.7 Å². The summed E-state index contributed by atoms with van der Waals surface area (Å²) in [7, 11) is 0. The van der Waals surface area contributed by atoms with E-state index in [2.05, 4.69) is 19.2 Å². The van der Waals surface area contributed by atoms with Crippen LogP contribution in [-0.4, -0.2) is 6.54 Å². The van der Waals surface area contributed by atoms with Crippen molar-refractivity contribution in [3.8, 4) is 0 Å². The second-order valence-electron chi connectivity index (χ2n) is 5.41. The van der Waals surface area contributed by atoms with Gasteiger partial charge in [-0.25, -0.2) is 0 Å². The van der Waals surface area contributed by atoms with Crippen LogP contribution in [-0.2, 0) is 19.3 Å². The van der Waals surface area contributed by atoms with Crippen LogP contribution >= 0.6 is 11.3 Å². The summed E-state index contributed by atoms with van der Waals surface area (Å²) in [5.41, 5.74) is 9.29. The topological polar surface area (TPSA) is 26.0 Å². The van der Waals surface area contributed by atoms with Crippen molar-refractivity contribution in [2.24, 2.45) is 11.1 Å². The van der Waals surface area contributed by atoms with Crippen molar-refractivity contribution in [3.05, 3.63) is 21.4 Å². The summed E-state index contributed by atoms with van der Waals surface area (Å²) < 4.78 is 0. The van der Waals surface area contributed by atoms with Crippen LogP contribution in [0, 0.1) is 5.41 Å². The Kier molecular flexibility index (Phi) is 3.17. The van der Waals surface area contributed by atoms with Crippen LogP contribution in [0.4, 0.5) is 0 Å². The van der Waals surface area contributed by atoms with Crippen molar-refractivity contribution in [1.82, 2.24) is 0 Å². The Balaban J connectivity index is 2.19. The molecule has 0 saturated carbocycles. The maximum Gasteiger partial charge on any atom is 0.00800 e. The van der Waals surface area contributed by atoms with Gasteiger partial charge in [0.1, 0.15) is 0 Å². The van der Waals surface area contributed by atoms with Gasteiger partial charge in [0.25, 0.3) is 0 Å². The molecule has 0 bridgehead atoms.